The lowest BCUT2D eigenvalue weighted by Crippen LogP contribution is -1.91. The average molecular weight is 561 g/mol. The summed E-state index contributed by atoms with van der Waals surface area (Å²) in [6.45, 7) is 0. The number of benzene rings is 8. The zero-order chi connectivity index (χ0) is 40.5. The van der Waals surface area contributed by atoms with Crippen molar-refractivity contribution in [2.24, 2.45) is 0 Å². The summed E-state index contributed by atoms with van der Waals surface area (Å²) in [5.41, 5.74) is 1.96. The number of rotatable bonds is 3. The van der Waals surface area contributed by atoms with E-state index in [0.717, 1.165) is 5.56 Å². The molecule has 0 amide bonds. The Morgan fingerprint density at radius 2 is 1.00 bits per heavy atom. The fourth-order valence-electron chi connectivity index (χ4n) is 5.89. The Hall–Kier alpha value is -5.66. The van der Waals surface area contributed by atoms with Gasteiger partial charge in [0.25, 0.3) is 0 Å². The van der Waals surface area contributed by atoms with Gasteiger partial charge in [0.1, 0.15) is 11.2 Å². The lowest BCUT2D eigenvalue weighted by molar-refractivity contribution is 0.669. The first kappa shape index (κ1) is 14.0. The van der Waals surface area contributed by atoms with Gasteiger partial charge >= 0.3 is 0 Å². The van der Waals surface area contributed by atoms with Crippen LogP contribution in [0, 0.1) is 0 Å². The van der Waals surface area contributed by atoms with E-state index in [1.807, 2.05) is 54.6 Å². The smallest absolute Gasteiger partial charge is 0.135 e. The number of hydrogen-bond donors (Lipinski definition) is 0. The molecule has 0 unspecified atom stereocenters. The second kappa shape index (κ2) is 9.44. The van der Waals surface area contributed by atoms with Crippen molar-refractivity contribution in [3.63, 3.8) is 0 Å². The van der Waals surface area contributed by atoms with Crippen molar-refractivity contribution in [2.45, 2.75) is 0 Å². The Labute approximate surface area is 268 Å². The number of para-hydroxylation sites is 1. The van der Waals surface area contributed by atoms with E-state index in [-0.39, 0.29) is 74.0 Å². The van der Waals surface area contributed by atoms with Crippen molar-refractivity contribution in [3.05, 3.63) is 157 Å². The summed E-state index contributed by atoms with van der Waals surface area (Å²) in [6.07, 6.45) is 0. The fraction of sp³-hybridized carbons (Fsp3) is 0. The number of furan rings is 1. The minimum absolute atomic E-state index is 0.00402. The SMILES string of the molecule is [2H]c1c([2H])c([2H])c2c(oc3c([2H])c([2H])c(-c4c5ccccc5c(-c5cccc(-c6c([2H])c([2H])c7c([2H])c([2H])c([2H])c([2H])c7c6[2H])c5)c5ccccc45)c([2H])c32)c1[2H]. The lowest BCUT2D eigenvalue weighted by Gasteiger charge is -2.18. The van der Waals surface area contributed by atoms with Gasteiger partial charge in [-0.25, -0.2) is 0 Å². The minimum atomic E-state index is -0.545. The molecule has 43 heavy (non-hydrogen) atoms. The molecule has 1 heterocycles. The van der Waals surface area contributed by atoms with Gasteiger partial charge in [0.05, 0.1) is 19.2 Å². The van der Waals surface area contributed by atoms with Crippen LogP contribution in [-0.2, 0) is 0 Å². The summed E-state index contributed by atoms with van der Waals surface area (Å²) in [5, 5.41) is 2.24. The largest absolute Gasteiger partial charge is 0.456 e. The summed E-state index contributed by atoms with van der Waals surface area (Å²) in [6, 6.07) is 15.8. The molecule has 0 saturated carbocycles. The molecule has 8 aromatic carbocycles. The van der Waals surface area contributed by atoms with Crippen LogP contribution in [0.25, 0.3) is 87.6 Å². The van der Waals surface area contributed by atoms with E-state index in [0.29, 0.717) is 38.2 Å². The first-order chi connectivity index (χ1) is 27.2. The first-order valence-corrected chi connectivity index (χ1v) is 13.6. The molecule has 0 fully saturated rings. The van der Waals surface area contributed by atoms with Crippen molar-refractivity contribution < 1.29 is 23.6 Å². The molecule has 1 heteroatoms. The molecule has 0 radical (unpaired) electrons. The molecule has 0 spiro atoms. The molecule has 0 aliphatic carbocycles. The highest BCUT2D eigenvalue weighted by Crippen LogP contribution is 2.45. The third-order valence-electron chi connectivity index (χ3n) is 7.76. The van der Waals surface area contributed by atoms with Crippen LogP contribution >= 0.6 is 0 Å². The van der Waals surface area contributed by atoms with Crippen molar-refractivity contribution in [3.8, 4) is 33.4 Å². The number of fused-ring (bicyclic) bond motifs is 6. The molecular formula is C42H26O. The molecule has 1 aromatic heterocycles. The van der Waals surface area contributed by atoms with Crippen LogP contribution in [0.2, 0.25) is 0 Å². The first-order valence-electron chi connectivity index (χ1n) is 20.6. The average Bonchev–Trinajstić information content (AvgIpc) is 3.62. The monoisotopic (exact) mass is 560 g/mol. The molecule has 0 aliphatic rings. The van der Waals surface area contributed by atoms with E-state index < -0.39 is 54.4 Å². The van der Waals surface area contributed by atoms with Gasteiger partial charge < -0.3 is 4.42 Å². The maximum Gasteiger partial charge on any atom is 0.135 e. The van der Waals surface area contributed by atoms with Crippen LogP contribution in [0.15, 0.2) is 162 Å². The predicted octanol–water partition coefficient (Wildman–Crippen LogP) is 12.0. The molecule has 0 bridgehead atoms. The van der Waals surface area contributed by atoms with Crippen molar-refractivity contribution in [1.29, 1.82) is 0 Å². The summed E-state index contributed by atoms with van der Waals surface area (Å²) < 4.78 is 127. The Bertz CT molecular complexity index is 3240. The van der Waals surface area contributed by atoms with Gasteiger partial charge in [-0.15, -0.1) is 0 Å². The third kappa shape index (κ3) is 3.79. The van der Waals surface area contributed by atoms with Crippen LogP contribution in [0.5, 0.6) is 0 Å². The molecule has 0 N–H and O–H groups in total. The summed E-state index contributed by atoms with van der Waals surface area (Å²) in [7, 11) is 0. The standard InChI is InChI=1S/C42H26O/c1-2-11-28-24-30(21-20-27(28)10-1)29-12-9-13-31(25-29)41-34-15-3-5-17-36(34)42(37-18-6-4-16-35(37)41)32-22-23-40-38(26-32)33-14-7-8-19-39(33)43-40/h1-26H/i1D,2D,7D,8D,10D,11D,14D,19D,20D,21D,22D,23D,24D,26D. The lowest BCUT2D eigenvalue weighted by atomic mass is 9.85. The molecule has 9 aromatic rings. The van der Waals surface area contributed by atoms with E-state index in [9.17, 15) is 2.74 Å². The van der Waals surface area contributed by atoms with Crippen LogP contribution < -0.4 is 0 Å². The molecule has 0 atom stereocenters. The Kier molecular flexibility index (Phi) is 3.07. The molecule has 9 rings (SSSR count). The molecule has 1 nitrogen and oxygen atoms in total. The van der Waals surface area contributed by atoms with Gasteiger partial charge in [-0.1, -0.05) is 127 Å². The quantitative estimate of drug-likeness (QED) is 0.196. The Morgan fingerprint density at radius 3 is 1.77 bits per heavy atom. The van der Waals surface area contributed by atoms with Crippen LogP contribution in [0.1, 0.15) is 19.2 Å². The molecule has 0 aliphatic heterocycles. The van der Waals surface area contributed by atoms with E-state index in [1.165, 1.54) is 0 Å². The predicted molar refractivity (Wildman–Crippen MR) is 183 cm³/mol. The summed E-state index contributed by atoms with van der Waals surface area (Å²) in [4.78, 5) is 0. The van der Waals surface area contributed by atoms with Crippen molar-refractivity contribution >= 4 is 54.3 Å². The van der Waals surface area contributed by atoms with Gasteiger partial charge in [0.2, 0.25) is 0 Å². The maximum atomic E-state index is 9.55. The molecule has 0 saturated heterocycles. The summed E-state index contributed by atoms with van der Waals surface area (Å²) in [5.74, 6) is 0. The van der Waals surface area contributed by atoms with Gasteiger partial charge in [-0.05, 0) is 95.9 Å². The number of hydrogen-bond acceptors (Lipinski definition) is 1. The van der Waals surface area contributed by atoms with Crippen LogP contribution in [0.4, 0.5) is 0 Å². The maximum absolute atomic E-state index is 9.55. The molecular weight excluding hydrogens is 520 g/mol. The Morgan fingerprint density at radius 1 is 0.395 bits per heavy atom. The van der Waals surface area contributed by atoms with Gasteiger partial charge in [0.15, 0.2) is 0 Å². The van der Waals surface area contributed by atoms with Gasteiger partial charge in [-0.3, -0.25) is 0 Å². The summed E-state index contributed by atoms with van der Waals surface area (Å²) >= 11 is 0. The zero-order valence-corrected chi connectivity index (χ0v) is 22.3. The van der Waals surface area contributed by atoms with E-state index in [1.54, 1.807) is 18.2 Å². The van der Waals surface area contributed by atoms with Crippen molar-refractivity contribution in [1.82, 2.24) is 0 Å². The third-order valence-corrected chi connectivity index (χ3v) is 7.76. The minimum Gasteiger partial charge on any atom is -0.456 e. The van der Waals surface area contributed by atoms with Crippen LogP contribution in [-0.4, -0.2) is 0 Å². The highest BCUT2D eigenvalue weighted by Gasteiger charge is 2.18. The highest BCUT2D eigenvalue weighted by molar-refractivity contribution is 6.22. The molecule has 200 valence electrons. The topological polar surface area (TPSA) is 13.1 Å². The normalized spacial score (nSPS) is 16.3. The second-order valence-corrected chi connectivity index (χ2v) is 10.2. The van der Waals surface area contributed by atoms with Crippen LogP contribution in [0.3, 0.4) is 0 Å². The van der Waals surface area contributed by atoms with E-state index in [4.69, 9.17) is 20.9 Å². The second-order valence-electron chi connectivity index (χ2n) is 10.2. The fourth-order valence-corrected chi connectivity index (χ4v) is 5.89. The Balaban J connectivity index is 1.36. The van der Waals surface area contributed by atoms with Gasteiger partial charge in [-0.2, -0.15) is 0 Å². The zero-order valence-electron chi connectivity index (χ0n) is 36.3. The van der Waals surface area contributed by atoms with Crippen molar-refractivity contribution in [2.75, 3.05) is 0 Å². The highest BCUT2D eigenvalue weighted by atomic mass is 16.3. The van der Waals surface area contributed by atoms with E-state index in [2.05, 4.69) is 0 Å². The van der Waals surface area contributed by atoms with E-state index >= 15 is 0 Å². The van der Waals surface area contributed by atoms with Gasteiger partial charge in [0, 0.05) is 10.8 Å².